The molecule has 0 fully saturated rings. The number of nitrogens with zero attached hydrogens (tertiary/aromatic N) is 2. The number of halogens is 4. The molecule has 0 atom stereocenters. The number of benzene rings is 2. The molecule has 11 heteroatoms. The van der Waals surface area contributed by atoms with Crippen LogP contribution in [0.3, 0.4) is 0 Å². The van der Waals surface area contributed by atoms with Gasteiger partial charge in [-0.3, -0.25) is 14.2 Å². The van der Waals surface area contributed by atoms with E-state index in [0.29, 0.717) is 11.6 Å². The fourth-order valence-corrected chi connectivity index (χ4v) is 3.02. The van der Waals surface area contributed by atoms with Crippen LogP contribution in [0.15, 0.2) is 41.2 Å². The Bertz CT molecular complexity index is 1230. The van der Waals surface area contributed by atoms with Gasteiger partial charge in [0.2, 0.25) is 11.8 Å². The number of aliphatic hydroxyl groups is 1. The van der Waals surface area contributed by atoms with Gasteiger partial charge in [-0.15, -0.1) is 0 Å². The highest BCUT2D eigenvalue weighted by molar-refractivity contribution is 6.31. The third-order valence-corrected chi connectivity index (χ3v) is 4.75. The number of aromatic nitrogens is 2. The van der Waals surface area contributed by atoms with Crippen LogP contribution in [-0.4, -0.2) is 27.2 Å². The molecule has 7 nitrogen and oxygen atoms in total. The smallest absolute Gasteiger partial charge is 0.280 e. The average Bonchev–Trinajstić information content (AvgIpc) is 2.76. The Morgan fingerprint density at radius 2 is 1.94 bits per heavy atom. The highest BCUT2D eigenvalue weighted by Gasteiger charge is 2.19. The summed E-state index contributed by atoms with van der Waals surface area (Å²) in [4.78, 5) is 28.1. The molecule has 0 saturated carbocycles. The number of aliphatic hydroxyl groups excluding tert-OH is 1. The van der Waals surface area contributed by atoms with Crippen LogP contribution in [0, 0.1) is 24.4 Å². The topological polar surface area (TPSA) is 93.5 Å². The molecule has 2 aromatic carbocycles. The Balaban J connectivity index is 1.92. The van der Waals surface area contributed by atoms with Crippen molar-refractivity contribution in [2.75, 3.05) is 6.61 Å². The van der Waals surface area contributed by atoms with E-state index in [4.69, 9.17) is 21.4 Å². The monoisotopic (exact) mass is 467 g/mol. The Morgan fingerprint density at radius 1 is 1.19 bits per heavy atom. The van der Waals surface area contributed by atoms with E-state index in [0.717, 1.165) is 16.7 Å². The van der Waals surface area contributed by atoms with Crippen LogP contribution in [0.1, 0.15) is 17.0 Å². The summed E-state index contributed by atoms with van der Waals surface area (Å²) in [6.07, 6.45) is 0. The van der Waals surface area contributed by atoms with Gasteiger partial charge in [0.15, 0.2) is 5.02 Å². The molecular formula is C21H17ClF3N3O4. The molecule has 2 N–H and O–H groups in total. The molecule has 0 aliphatic heterocycles. The molecule has 1 heterocycles. The lowest BCUT2D eigenvalue weighted by atomic mass is 10.2. The minimum atomic E-state index is -0.835. The first-order valence-corrected chi connectivity index (χ1v) is 9.61. The molecule has 0 aliphatic carbocycles. The third-order valence-electron chi connectivity index (χ3n) is 4.43. The first-order valence-electron chi connectivity index (χ1n) is 9.23. The summed E-state index contributed by atoms with van der Waals surface area (Å²) in [6.45, 7) is 0.348. The summed E-state index contributed by atoms with van der Waals surface area (Å²) in [5, 5.41) is 10.7. The van der Waals surface area contributed by atoms with Gasteiger partial charge in [0.25, 0.3) is 5.56 Å². The highest BCUT2D eigenvalue weighted by Crippen LogP contribution is 2.23. The minimum absolute atomic E-state index is 0.00788. The molecule has 168 valence electrons. The molecule has 0 saturated heterocycles. The lowest BCUT2D eigenvalue weighted by Crippen LogP contribution is -2.26. The zero-order valence-corrected chi connectivity index (χ0v) is 17.4. The first-order chi connectivity index (χ1) is 15.2. The van der Waals surface area contributed by atoms with Crippen molar-refractivity contribution in [3.63, 3.8) is 0 Å². The number of aryl methyl sites for hydroxylation is 1. The van der Waals surface area contributed by atoms with Gasteiger partial charge in [-0.05, 0) is 36.8 Å². The lowest BCUT2D eigenvalue weighted by Gasteiger charge is -2.15. The SMILES string of the molecule is Cc1nc(OCc2ccc(F)cc2F)c(Cl)c(=O)n1-c1cc(CNC(=O)CO)ccc1F. The van der Waals surface area contributed by atoms with Crippen molar-refractivity contribution < 1.29 is 27.8 Å². The van der Waals surface area contributed by atoms with E-state index in [1.807, 2.05) is 0 Å². The van der Waals surface area contributed by atoms with E-state index in [1.54, 1.807) is 0 Å². The third kappa shape index (κ3) is 5.09. The number of ether oxygens (including phenoxy) is 1. The highest BCUT2D eigenvalue weighted by atomic mass is 35.5. The number of carbonyl (C=O) groups is 1. The van der Waals surface area contributed by atoms with Gasteiger partial charge in [0.1, 0.15) is 36.5 Å². The largest absolute Gasteiger partial charge is 0.471 e. The number of amides is 1. The van der Waals surface area contributed by atoms with Crippen molar-refractivity contribution in [1.82, 2.24) is 14.9 Å². The van der Waals surface area contributed by atoms with Crippen LogP contribution >= 0.6 is 11.6 Å². The van der Waals surface area contributed by atoms with E-state index in [-0.39, 0.29) is 36.1 Å². The maximum atomic E-state index is 14.5. The van der Waals surface area contributed by atoms with Crippen molar-refractivity contribution in [3.8, 4) is 11.6 Å². The molecule has 1 amide bonds. The Labute approximate surface area is 185 Å². The number of hydrogen-bond acceptors (Lipinski definition) is 5. The quantitative estimate of drug-likeness (QED) is 0.557. The maximum Gasteiger partial charge on any atom is 0.280 e. The summed E-state index contributed by atoms with van der Waals surface area (Å²) in [6, 6.07) is 6.77. The van der Waals surface area contributed by atoms with E-state index in [2.05, 4.69) is 10.3 Å². The van der Waals surface area contributed by atoms with Crippen molar-refractivity contribution in [2.24, 2.45) is 0 Å². The van der Waals surface area contributed by atoms with Gasteiger partial charge in [0, 0.05) is 18.2 Å². The molecule has 3 rings (SSSR count). The number of rotatable bonds is 7. The minimum Gasteiger partial charge on any atom is -0.471 e. The fourth-order valence-electron chi connectivity index (χ4n) is 2.84. The van der Waals surface area contributed by atoms with Crippen molar-refractivity contribution in [1.29, 1.82) is 0 Å². The van der Waals surface area contributed by atoms with Crippen molar-refractivity contribution in [2.45, 2.75) is 20.1 Å². The van der Waals surface area contributed by atoms with Gasteiger partial charge >= 0.3 is 0 Å². The zero-order valence-electron chi connectivity index (χ0n) is 16.7. The molecule has 0 radical (unpaired) electrons. The summed E-state index contributed by atoms with van der Waals surface area (Å²) < 4.78 is 47.6. The van der Waals surface area contributed by atoms with E-state index < -0.39 is 40.5 Å². The molecule has 0 bridgehead atoms. The van der Waals surface area contributed by atoms with E-state index in [9.17, 15) is 22.8 Å². The molecule has 3 aromatic rings. The van der Waals surface area contributed by atoms with Crippen molar-refractivity contribution >= 4 is 17.5 Å². The summed E-state index contributed by atoms with van der Waals surface area (Å²) in [7, 11) is 0. The normalized spacial score (nSPS) is 10.8. The van der Waals surface area contributed by atoms with Crippen LogP contribution in [0.2, 0.25) is 5.02 Å². The van der Waals surface area contributed by atoms with Crippen LogP contribution in [0.25, 0.3) is 5.69 Å². The summed E-state index contributed by atoms with van der Waals surface area (Å²) in [5.41, 5.74) is -0.509. The predicted octanol–water partition coefficient (Wildman–Crippen LogP) is 2.80. The Morgan fingerprint density at radius 3 is 2.62 bits per heavy atom. The Hall–Kier alpha value is -3.37. The van der Waals surface area contributed by atoms with Gasteiger partial charge in [-0.25, -0.2) is 13.2 Å². The number of hydrogen-bond donors (Lipinski definition) is 2. The molecule has 0 aliphatic rings. The number of carbonyl (C=O) groups excluding carboxylic acids is 1. The van der Waals surface area contributed by atoms with Crippen LogP contribution in [0.5, 0.6) is 5.88 Å². The summed E-state index contributed by atoms with van der Waals surface area (Å²) in [5.74, 6) is -3.20. The maximum absolute atomic E-state index is 14.5. The molecular weight excluding hydrogens is 451 g/mol. The average molecular weight is 468 g/mol. The second-order valence-corrected chi connectivity index (χ2v) is 7.04. The van der Waals surface area contributed by atoms with E-state index in [1.165, 1.54) is 25.1 Å². The Kier molecular flexibility index (Phi) is 7.16. The van der Waals surface area contributed by atoms with Crippen LogP contribution < -0.4 is 15.6 Å². The molecule has 0 unspecified atom stereocenters. The predicted molar refractivity (Wildman–Crippen MR) is 109 cm³/mol. The second-order valence-electron chi connectivity index (χ2n) is 6.66. The zero-order chi connectivity index (χ0) is 23.4. The summed E-state index contributed by atoms with van der Waals surface area (Å²) >= 11 is 6.08. The van der Waals surface area contributed by atoms with Gasteiger partial charge in [0.05, 0.1) is 5.69 Å². The standard InChI is InChI=1S/C21H17ClF3N3O4/c1-11-27-20(32-10-13-3-4-14(23)7-16(13)25)19(22)21(31)28(11)17-6-12(2-5-15(17)24)8-26-18(30)9-29/h2-7,29H,8-10H2,1H3,(H,26,30). The lowest BCUT2D eigenvalue weighted by molar-refractivity contribution is -0.123. The molecule has 1 aromatic heterocycles. The first kappa shape index (κ1) is 23.3. The van der Waals surface area contributed by atoms with Gasteiger partial charge in [-0.1, -0.05) is 17.7 Å². The van der Waals surface area contributed by atoms with E-state index >= 15 is 0 Å². The van der Waals surface area contributed by atoms with Crippen LogP contribution in [-0.2, 0) is 17.9 Å². The molecule has 0 spiro atoms. The van der Waals surface area contributed by atoms with Crippen LogP contribution in [0.4, 0.5) is 13.2 Å². The van der Waals surface area contributed by atoms with Gasteiger partial charge in [-0.2, -0.15) is 4.98 Å². The second kappa shape index (κ2) is 9.84. The number of nitrogens with one attached hydrogen (secondary N) is 1. The van der Waals surface area contributed by atoms with Crippen molar-refractivity contribution in [3.05, 3.63) is 86.2 Å². The van der Waals surface area contributed by atoms with Gasteiger partial charge < -0.3 is 15.2 Å². The fraction of sp³-hybridized carbons (Fsp3) is 0.190. The molecule has 32 heavy (non-hydrogen) atoms.